The minimum Gasteiger partial charge on any atom is -0.395 e. The van der Waals surface area contributed by atoms with E-state index in [1.165, 1.54) is 6.42 Å². The van der Waals surface area contributed by atoms with Gasteiger partial charge in [0.1, 0.15) is 5.76 Å². The number of likely N-dealkylation sites (tertiary alicyclic amines) is 1. The van der Waals surface area contributed by atoms with Crippen molar-refractivity contribution in [3.05, 3.63) is 17.5 Å². The summed E-state index contributed by atoms with van der Waals surface area (Å²) in [5, 5.41) is 13.1. The fourth-order valence-corrected chi connectivity index (χ4v) is 2.01. The van der Waals surface area contributed by atoms with Crippen molar-refractivity contribution >= 4 is 0 Å². The maximum Gasteiger partial charge on any atom is 0.133 e. The van der Waals surface area contributed by atoms with Crippen LogP contribution in [0.25, 0.3) is 0 Å². The predicted molar refractivity (Wildman–Crippen MR) is 51.8 cm³/mol. The summed E-state index contributed by atoms with van der Waals surface area (Å²) in [5.41, 5.74) is 0.961. The van der Waals surface area contributed by atoms with Crippen LogP contribution in [0.5, 0.6) is 0 Å². The predicted octanol–water partition coefficient (Wildman–Crippen LogP) is 0.940. The molecule has 4 nitrogen and oxygen atoms in total. The van der Waals surface area contributed by atoms with Gasteiger partial charge in [0.2, 0.25) is 0 Å². The lowest BCUT2D eigenvalue weighted by Gasteiger charge is -2.20. The van der Waals surface area contributed by atoms with Gasteiger partial charge in [-0.3, -0.25) is 4.90 Å². The van der Waals surface area contributed by atoms with Crippen molar-refractivity contribution < 1.29 is 9.63 Å². The van der Waals surface area contributed by atoms with Crippen LogP contribution in [0.1, 0.15) is 24.3 Å². The monoisotopic (exact) mass is 196 g/mol. The Bertz CT molecular complexity index is 298. The van der Waals surface area contributed by atoms with Crippen LogP contribution in [-0.4, -0.2) is 34.4 Å². The Morgan fingerprint density at radius 2 is 2.57 bits per heavy atom. The molecule has 0 bridgehead atoms. The molecule has 1 fully saturated rings. The van der Waals surface area contributed by atoms with Crippen LogP contribution in [0.3, 0.4) is 0 Å². The number of aliphatic hydroxyl groups excluding tert-OH is 1. The summed E-state index contributed by atoms with van der Waals surface area (Å²) in [6, 6.07) is 2.26. The van der Waals surface area contributed by atoms with Gasteiger partial charge in [0.15, 0.2) is 0 Å². The van der Waals surface area contributed by atoms with Crippen LogP contribution in [0.15, 0.2) is 10.6 Å². The van der Waals surface area contributed by atoms with E-state index >= 15 is 0 Å². The van der Waals surface area contributed by atoms with Crippen LogP contribution in [0, 0.1) is 6.92 Å². The molecule has 1 aliphatic heterocycles. The molecular weight excluding hydrogens is 180 g/mol. The van der Waals surface area contributed by atoms with Crippen LogP contribution in [-0.2, 0) is 6.54 Å². The molecule has 1 atom stereocenters. The molecule has 0 aromatic carbocycles. The average molecular weight is 196 g/mol. The number of aromatic nitrogens is 1. The van der Waals surface area contributed by atoms with Crippen molar-refractivity contribution in [1.29, 1.82) is 0 Å². The van der Waals surface area contributed by atoms with Crippen molar-refractivity contribution in [2.24, 2.45) is 0 Å². The molecule has 14 heavy (non-hydrogen) atoms. The first-order valence-electron chi connectivity index (χ1n) is 5.06. The second-order valence-electron chi connectivity index (χ2n) is 3.88. The molecule has 0 unspecified atom stereocenters. The number of hydrogen-bond acceptors (Lipinski definition) is 4. The lowest BCUT2D eigenvalue weighted by molar-refractivity contribution is 0.151. The molecule has 0 amide bonds. The van der Waals surface area contributed by atoms with Crippen molar-refractivity contribution in [2.45, 2.75) is 32.4 Å². The van der Waals surface area contributed by atoms with Crippen LogP contribution in [0.2, 0.25) is 0 Å². The zero-order valence-electron chi connectivity index (χ0n) is 8.44. The highest BCUT2D eigenvalue weighted by Gasteiger charge is 2.24. The summed E-state index contributed by atoms with van der Waals surface area (Å²) in [6.07, 6.45) is 2.26. The van der Waals surface area contributed by atoms with Gasteiger partial charge in [0, 0.05) is 18.7 Å². The van der Waals surface area contributed by atoms with E-state index in [9.17, 15) is 0 Å². The minimum atomic E-state index is 0.247. The van der Waals surface area contributed by atoms with Crippen molar-refractivity contribution in [3.63, 3.8) is 0 Å². The molecule has 1 aliphatic rings. The summed E-state index contributed by atoms with van der Waals surface area (Å²) < 4.78 is 5.00. The number of aliphatic hydroxyl groups is 1. The molecule has 1 N–H and O–H groups in total. The van der Waals surface area contributed by atoms with Gasteiger partial charge in [-0.15, -0.1) is 0 Å². The maximum atomic E-state index is 9.13. The number of nitrogens with zero attached hydrogens (tertiary/aromatic N) is 2. The molecule has 1 aromatic rings. The van der Waals surface area contributed by atoms with Crippen LogP contribution >= 0.6 is 0 Å². The molecule has 0 saturated carbocycles. The second-order valence-corrected chi connectivity index (χ2v) is 3.88. The number of rotatable bonds is 3. The molecule has 0 aliphatic carbocycles. The first-order valence-corrected chi connectivity index (χ1v) is 5.06. The van der Waals surface area contributed by atoms with Crippen molar-refractivity contribution in [2.75, 3.05) is 13.2 Å². The van der Waals surface area contributed by atoms with Crippen molar-refractivity contribution in [1.82, 2.24) is 10.1 Å². The van der Waals surface area contributed by atoms with E-state index in [-0.39, 0.29) is 6.61 Å². The van der Waals surface area contributed by atoms with Crippen LogP contribution in [0.4, 0.5) is 0 Å². The lowest BCUT2D eigenvalue weighted by atomic mass is 10.2. The lowest BCUT2D eigenvalue weighted by Crippen LogP contribution is -2.31. The smallest absolute Gasteiger partial charge is 0.133 e. The molecule has 4 heteroatoms. The van der Waals surface area contributed by atoms with Gasteiger partial charge in [0.05, 0.1) is 12.3 Å². The van der Waals surface area contributed by atoms with E-state index in [1.807, 2.05) is 13.0 Å². The first kappa shape index (κ1) is 9.68. The largest absolute Gasteiger partial charge is 0.395 e. The minimum absolute atomic E-state index is 0.247. The summed E-state index contributed by atoms with van der Waals surface area (Å²) in [6.45, 7) is 3.99. The maximum absolute atomic E-state index is 9.13. The highest BCUT2D eigenvalue weighted by Crippen LogP contribution is 2.19. The van der Waals surface area contributed by atoms with Gasteiger partial charge in [0.25, 0.3) is 0 Å². The number of hydrogen-bond donors (Lipinski definition) is 1. The summed E-state index contributed by atoms with van der Waals surface area (Å²) in [4.78, 5) is 2.26. The summed E-state index contributed by atoms with van der Waals surface area (Å²) in [5.74, 6) is 0.847. The van der Waals surface area contributed by atoms with Crippen LogP contribution < -0.4 is 0 Å². The van der Waals surface area contributed by atoms with Crippen molar-refractivity contribution in [3.8, 4) is 0 Å². The van der Waals surface area contributed by atoms with E-state index in [0.717, 1.165) is 31.0 Å². The molecule has 78 valence electrons. The van der Waals surface area contributed by atoms with Gasteiger partial charge in [-0.05, 0) is 26.3 Å². The summed E-state index contributed by atoms with van der Waals surface area (Å²) in [7, 11) is 0. The normalized spacial score (nSPS) is 23.1. The van der Waals surface area contributed by atoms with E-state index < -0.39 is 0 Å². The standard InChI is InChI=1S/C10H16N2O2/c1-8-5-9(11-14-8)6-12-4-2-3-10(12)7-13/h5,10,13H,2-4,6-7H2,1H3/t10-/m1/s1. The third kappa shape index (κ3) is 1.96. The zero-order chi connectivity index (χ0) is 9.97. The molecule has 1 aromatic heterocycles. The Kier molecular flexibility index (Phi) is 2.84. The average Bonchev–Trinajstić information content (AvgIpc) is 2.76. The van der Waals surface area contributed by atoms with E-state index in [0.29, 0.717) is 6.04 Å². The van der Waals surface area contributed by atoms with E-state index in [1.54, 1.807) is 0 Å². The molecule has 2 heterocycles. The second kappa shape index (κ2) is 4.11. The Morgan fingerprint density at radius 1 is 1.71 bits per heavy atom. The van der Waals surface area contributed by atoms with Gasteiger partial charge in [-0.2, -0.15) is 0 Å². The molecule has 1 saturated heterocycles. The Hall–Kier alpha value is -0.870. The Labute approximate surface area is 83.5 Å². The van der Waals surface area contributed by atoms with Gasteiger partial charge >= 0.3 is 0 Å². The molecule has 0 radical (unpaired) electrons. The van der Waals surface area contributed by atoms with E-state index in [2.05, 4.69) is 10.1 Å². The van der Waals surface area contributed by atoms with Gasteiger partial charge in [-0.1, -0.05) is 5.16 Å². The fraction of sp³-hybridized carbons (Fsp3) is 0.700. The Balaban J connectivity index is 1.96. The highest BCUT2D eigenvalue weighted by molar-refractivity contribution is 5.04. The first-order chi connectivity index (χ1) is 6.79. The quantitative estimate of drug-likeness (QED) is 0.781. The Morgan fingerprint density at radius 3 is 3.21 bits per heavy atom. The van der Waals surface area contributed by atoms with Gasteiger partial charge in [-0.25, -0.2) is 0 Å². The highest BCUT2D eigenvalue weighted by atomic mass is 16.5. The fourth-order valence-electron chi connectivity index (χ4n) is 2.01. The topological polar surface area (TPSA) is 49.5 Å². The third-order valence-corrected chi connectivity index (χ3v) is 2.75. The zero-order valence-corrected chi connectivity index (χ0v) is 8.44. The third-order valence-electron chi connectivity index (χ3n) is 2.75. The molecular formula is C10H16N2O2. The SMILES string of the molecule is Cc1cc(CN2CCC[C@@H]2CO)no1. The molecule has 0 spiro atoms. The number of aryl methyl sites for hydroxylation is 1. The summed E-state index contributed by atoms with van der Waals surface area (Å²) >= 11 is 0. The van der Waals surface area contributed by atoms with Gasteiger partial charge < -0.3 is 9.63 Å². The molecule has 2 rings (SSSR count). The van der Waals surface area contributed by atoms with E-state index in [4.69, 9.17) is 9.63 Å².